The number of hydrogen-bond acceptors (Lipinski definition) is 4. The lowest BCUT2D eigenvalue weighted by molar-refractivity contribution is 0.202. The summed E-state index contributed by atoms with van der Waals surface area (Å²) in [5.41, 5.74) is 1.08. The SMILES string of the molecule is OC(Nc1ccc(Br)cn1)c1c(-c2ccc(F)cc2F)nc2ccc(Br)cn12. The van der Waals surface area contributed by atoms with Crippen molar-refractivity contribution >= 4 is 43.3 Å². The van der Waals surface area contributed by atoms with Gasteiger partial charge in [0.2, 0.25) is 0 Å². The first-order valence-electron chi connectivity index (χ1n) is 8.11. The van der Waals surface area contributed by atoms with Crippen molar-refractivity contribution in [1.82, 2.24) is 14.4 Å². The molecule has 1 unspecified atom stereocenters. The Labute approximate surface area is 175 Å². The number of fused-ring (bicyclic) bond motifs is 1. The number of halogens is 4. The summed E-state index contributed by atoms with van der Waals surface area (Å²) < 4.78 is 31.0. The van der Waals surface area contributed by atoms with Gasteiger partial charge < -0.3 is 10.4 Å². The Morgan fingerprint density at radius 3 is 2.54 bits per heavy atom. The summed E-state index contributed by atoms with van der Waals surface area (Å²) in [5, 5.41) is 13.7. The average molecular weight is 510 g/mol. The van der Waals surface area contributed by atoms with Crippen molar-refractivity contribution in [2.75, 3.05) is 5.32 Å². The van der Waals surface area contributed by atoms with Crippen LogP contribution in [-0.4, -0.2) is 19.5 Å². The summed E-state index contributed by atoms with van der Waals surface area (Å²) in [6, 6.07) is 10.2. The van der Waals surface area contributed by atoms with Gasteiger partial charge in [0.1, 0.15) is 28.8 Å². The first-order chi connectivity index (χ1) is 13.4. The van der Waals surface area contributed by atoms with Crippen molar-refractivity contribution in [1.29, 1.82) is 0 Å². The van der Waals surface area contributed by atoms with Crippen LogP contribution in [0.4, 0.5) is 14.6 Å². The zero-order chi connectivity index (χ0) is 19.8. The number of nitrogens with one attached hydrogen (secondary N) is 1. The highest BCUT2D eigenvalue weighted by atomic mass is 79.9. The van der Waals surface area contributed by atoms with Crippen LogP contribution in [0.3, 0.4) is 0 Å². The Morgan fingerprint density at radius 2 is 1.82 bits per heavy atom. The number of benzene rings is 1. The summed E-state index contributed by atoms with van der Waals surface area (Å²) in [4.78, 5) is 8.62. The number of nitrogens with zero attached hydrogens (tertiary/aromatic N) is 3. The molecule has 4 rings (SSSR count). The first-order valence-corrected chi connectivity index (χ1v) is 9.70. The molecule has 0 radical (unpaired) electrons. The number of hydrogen-bond donors (Lipinski definition) is 2. The van der Waals surface area contributed by atoms with Crippen LogP contribution in [0.5, 0.6) is 0 Å². The second-order valence-electron chi connectivity index (χ2n) is 5.95. The number of aliphatic hydroxyl groups is 1. The van der Waals surface area contributed by atoms with Crippen LogP contribution in [0.2, 0.25) is 0 Å². The Hall–Kier alpha value is -2.36. The zero-order valence-electron chi connectivity index (χ0n) is 14.1. The van der Waals surface area contributed by atoms with Gasteiger partial charge in [0.25, 0.3) is 0 Å². The maximum atomic E-state index is 14.4. The highest BCUT2D eigenvalue weighted by molar-refractivity contribution is 9.10. The fourth-order valence-corrected chi connectivity index (χ4v) is 3.42. The molecule has 9 heteroatoms. The van der Waals surface area contributed by atoms with E-state index in [-0.39, 0.29) is 11.3 Å². The summed E-state index contributed by atoms with van der Waals surface area (Å²) in [7, 11) is 0. The molecule has 0 spiro atoms. The van der Waals surface area contributed by atoms with Gasteiger partial charge in [-0.15, -0.1) is 0 Å². The molecule has 3 aromatic heterocycles. The third kappa shape index (κ3) is 3.65. The maximum Gasteiger partial charge on any atom is 0.169 e. The van der Waals surface area contributed by atoms with Crippen LogP contribution in [0, 0.1) is 11.6 Å². The van der Waals surface area contributed by atoms with Gasteiger partial charge in [0.05, 0.1) is 5.69 Å². The molecular formula is C19H12Br2F2N4O. The van der Waals surface area contributed by atoms with Gasteiger partial charge in [-0.1, -0.05) is 0 Å². The summed E-state index contributed by atoms with van der Waals surface area (Å²) >= 11 is 6.69. The number of aromatic nitrogens is 3. The fraction of sp³-hybridized carbons (Fsp3) is 0.0526. The second kappa shape index (κ2) is 7.57. The quantitative estimate of drug-likeness (QED) is 0.366. The number of rotatable bonds is 4. The second-order valence-corrected chi connectivity index (χ2v) is 7.79. The molecule has 0 aliphatic carbocycles. The topological polar surface area (TPSA) is 62.5 Å². The molecule has 0 aliphatic heterocycles. The molecule has 0 bridgehead atoms. The van der Waals surface area contributed by atoms with Crippen LogP contribution < -0.4 is 5.32 Å². The minimum absolute atomic E-state index is 0.0841. The maximum absolute atomic E-state index is 14.4. The molecule has 1 aromatic carbocycles. The Bertz CT molecular complexity index is 1160. The Balaban J connectivity index is 1.86. The van der Waals surface area contributed by atoms with Crippen LogP contribution in [-0.2, 0) is 0 Å². The Morgan fingerprint density at radius 1 is 1.04 bits per heavy atom. The van der Waals surface area contributed by atoms with E-state index in [0.717, 1.165) is 21.1 Å². The summed E-state index contributed by atoms with van der Waals surface area (Å²) in [6.45, 7) is 0. The molecular weight excluding hydrogens is 498 g/mol. The lowest BCUT2D eigenvalue weighted by Gasteiger charge is -2.15. The molecule has 1 atom stereocenters. The number of aliphatic hydroxyl groups excluding tert-OH is 1. The molecule has 0 aliphatic rings. The van der Waals surface area contributed by atoms with Gasteiger partial charge in [-0.2, -0.15) is 0 Å². The van der Waals surface area contributed by atoms with Crippen molar-refractivity contribution in [3.63, 3.8) is 0 Å². The van der Waals surface area contributed by atoms with Gasteiger partial charge in [-0.25, -0.2) is 18.7 Å². The minimum atomic E-state index is -1.25. The van der Waals surface area contributed by atoms with Crippen molar-refractivity contribution in [3.05, 3.63) is 81.1 Å². The van der Waals surface area contributed by atoms with E-state index in [1.807, 2.05) is 0 Å². The van der Waals surface area contributed by atoms with Crippen LogP contribution in [0.1, 0.15) is 11.9 Å². The van der Waals surface area contributed by atoms with Gasteiger partial charge >= 0.3 is 0 Å². The van der Waals surface area contributed by atoms with E-state index in [4.69, 9.17) is 0 Å². The normalized spacial score (nSPS) is 12.3. The van der Waals surface area contributed by atoms with E-state index in [1.165, 1.54) is 6.07 Å². The van der Waals surface area contributed by atoms with E-state index < -0.39 is 17.9 Å². The molecule has 0 amide bonds. The van der Waals surface area contributed by atoms with Crippen molar-refractivity contribution in [2.45, 2.75) is 6.23 Å². The van der Waals surface area contributed by atoms with Gasteiger partial charge in [0, 0.05) is 33.0 Å². The molecule has 5 nitrogen and oxygen atoms in total. The largest absolute Gasteiger partial charge is 0.368 e. The highest BCUT2D eigenvalue weighted by Gasteiger charge is 2.23. The number of anilines is 1. The predicted molar refractivity (Wildman–Crippen MR) is 109 cm³/mol. The predicted octanol–water partition coefficient (Wildman–Crippen LogP) is 5.30. The van der Waals surface area contributed by atoms with E-state index >= 15 is 0 Å². The molecule has 28 heavy (non-hydrogen) atoms. The molecule has 142 valence electrons. The highest BCUT2D eigenvalue weighted by Crippen LogP contribution is 2.32. The first kappa shape index (κ1) is 19.0. The smallest absolute Gasteiger partial charge is 0.169 e. The molecule has 2 N–H and O–H groups in total. The number of imidazole rings is 1. The molecule has 0 fully saturated rings. The monoisotopic (exact) mass is 508 g/mol. The van der Waals surface area contributed by atoms with Gasteiger partial charge in [0.15, 0.2) is 6.23 Å². The third-order valence-corrected chi connectivity index (χ3v) is 5.01. The van der Waals surface area contributed by atoms with Crippen molar-refractivity contribution in [2.24, 2.45) is 0 Å². The van der Waals surface area contributed by atoms with E-state index in [1.54, 1.807) is 41.1 Å². The summed E-state index contributed by atoms with van der Waals surface area (Å²) in [5.74, 6) is -1.03. The average Bonchev–Trinajstić information content (AvgIpc) is 3.02. The van der Waals surface area contributed by atoms with Gasteiger partial charge in [-0.3, -0.25) is 4.40 Å². The van der Waals surface area contributed by atoms with Crippen LogP contribution >= 0.6 is 31.9 Å². The standard InChI is InChI=1S/C19H12Br2F2N4O/c20-10-1-5-15(24-8-10)25-19(28)18-17(13-4-3-12(22)7-14(13)23)26-16-6-2-11(21)9-27(16)18/h1-9,19,28H,(H,24,25). The van der Waals surface area contributed by atoms with Crippen LogP contribution in [0.25, 0.3) is 16.9 Å². The number of pyridine rings is 2. The fourth-order valence-electron chi connectivity index (χ4n) is 2.85. The van der Waals surface area contributed by atoms with Gasteiger partial charge in [-0.05, 0) is 68.3 Å². The van der Waals surface area contributed by atoms with E-state index in [2.05, 4.69) is 47.1 Å². The lowest BCUT2D eigenvalue weighted by Crippen LogP contribution is -2.14. The van der Waals surface area contributed by atoms with Crippen LogP contribution in [0.15, 0.2) is 63.8 Å². The van der Waals surface area contributed by atoms with E-state index in [0.29, 0.717) is 17.2 Å². The summed E-state index contributed by atoms with van der Waals surface area (Å²) in [6.07, 6.45) is 2.04. The minimum Gasteiger partial charge on any atom is -0.368 e. The molecule has 0 saturated heterocycles. The zero-order valence-corrected chi connectivity index (χ0v) is 17.2. The third-order valence-electron chi connectivity index (χ3n) is 4.08. The lowest BCUT2D eigenvalue weighted by atomic mass is 10.1. The Kier molecular flexibility index (Phi) is 5.13. The van der Waals surface area contributed by atoms with Crippen molar-refractivity contribution in [3.8, 4) is 11.3 Å². The van der Waals surface area contributed by atoms with Crippen molar-refractivity contribution < 1.29 is 13.9 Å². The molecule has 0 saturated carbocycles. The molecule has 3 heterocycles. The molecule has 4 aromatic rings. The van der Waals surface area contributed by atoms with E-state index in [9.17, 15) is 13.9 Å².